The van der Waals surface area contributed by atoms with Crippen molar-refractivity contribution in [2.75, 3.05) is 19.6 Å². The standard InChI is InChI=1S/C16H23N3O2/c1-10-7-12(3)14(8-11(10)2)13(4)17-5-6-19-15(20)9-18-16(19)21/h7-8,13,17H,5-6,9H2,1-4H3,(H,18,21)/t13-/m0/s1. The van der Waals surface area contributed by atoms with E-state index in [1.165, 1.54) is 27.2 Å². The molecule has 1 fully saturated rings. The summed E-state index contributed by atoms with van der Waals surface area (Å²) in [5.74, 6) is -0.156. The second-order valence-electron chi connectivity index (χ2n) is 5.67. The van der Waals surface area contributed by atoms with Crippen LogP contribution in [0, 0.1) is 20.8 Å². The van der Waals surface area contributed by atoms with E-state index >= 15 is 0 Å². The lowest BCUT2D eigenvalue weighted by Crippen LogP contribution is -2.37. The van der Waals surface area contributed by atoms with E-state index < -0.39 is 0 Å². The Hall–Kier alpha value is -1.88. The molecule has 5 heteroatoms. The van der Waals surface area contributed by atoms with Crippen molar-refractivity contribution in [3.63, 3.8) is 0 Å². The van der Waals surface area contributed by atoms with E-state index in [1.54, 1.807) is 0 Å². The van der Waals surface area contributed by atoms with E-state index in [4.69, 9.17) is 0 Å². The lowest BCUT2D eigenvalue weighted by Gasteiger charge is -2.20. The molecule has 1 aliphatic heterocycles. The maximum absolute atomic E-state index is 11.5. The van der Waals surface area contributed by atoms with Gasteiger partial charge < -0.3 is 10.6 Å². The van der Waals surface area contributed by atoms with Crippen LogP contribution in [0.3, 0.4) is 0 Å². The van der Waals surface area contributed by atoms with Crippen molar-refractivity contribution in [1.82, 2.24) is 15.5 Å². The maximum Gasteiger partial charge on any atom is 0.324 e. The molecule has 2 rings (SSSR count). The highest BCUT2D eigenvalue weighted by Gasteiger charge is 2.27. The zero-order valence-corrected chi connectivity index (χ0v) is 13.1. The Kier molecular flexibility index (Phi) is 4.63. The minimum atomic E-state index is -0.295. The van der Waals surface area contributed by atoms with E-state index in [0.29, 0.717) is 13.1 Å². The Labute approximate surface area is 125 Å². The Morgan fingerprint density at radius 1 is 1.19 bits per heavy atom. The van der Waals surface area contributed by atoms with Crippen LogP contribution in [-0.4, -0.2) is 36.5 Å². The second kappa shape index (κ2) is 6.26. The summed E-state index contributed by atoms with van der Waals surface area (Å²) in [6, 6.07) is 4.29. The van der Waals surface area contributed by atoms with Crippen molar-refractivity contribution >= 4 is 11.9 Å². The van der Waals surface area contributed by atoms with Crippen LogP contribution < -0.4 is 10.6 Å². The van der Waals surface area contributed by atoms with Crippen molar-refractivity contribution < 1.29 is 9.59 Å². The molecule has 0 aliphatic carbocycles. The van der Waals surface area contributed by atoms with Crippen molar-refractivity contribution in [3.05, 3.63) is 34.4 Å². The van der Waals surface area contributed by atoms with Gasteiger partial charge in [0.25, 0.3) is 0 Å². The Morgan fingerprint density at radius 3 is 2.48 bits per heavy atom. The fourth-order valence-electron chi connectivity index (χ4n) is 2.63. The molecule has 5 nitrogen and oxygen atoms in total. The molecular formula is C16H23N3O2. The van der Waals surface area contributed by atoms with Crippen LogP contribution in [0.25, 0.3) is 0 Å². The van der Waals surface area contributed by atoms with Crippen LogP contribution in [0.2, 0.25) is 0 Å². The van der Waals surface area contributed by atoms with Gasteiger partial charge in [-0.2, -0.15) is 0 Å². The van der Waals surface area contributed by atoms with Crippen LogP contribution in [0.1, 0.15) is 35.2 Å². The molecule has 1 heterocycles. The molecule has 0 spiro atoms. The summed E-state index contributed by atoms with van der Waals surface area (Å²) in [5, 5.41) is 5.90. The largest absolute Gasteiger partial charge is 0.329 e. The molecule has 1 aromatic carbocycles. The van der Waals surface area contributed by atoms with Gasteiger partial charge in [0.05, 0.1) is 6.54 Å². The SMILES string of the molecule is Cc1cc(C)c([C@H](C)NCCN2C(=O)CNC2=O)cc1C. The first-order valence-corrected chi connectivity index (χ1v) is 7.29. The van der Waals surface area contributed by atoms with E-state index in [-0.39, 0.29) is 24.5 Å². The molecule has 21 heavy (non-hydrogen) atoms. The van der Waals surface area contributed by atoms with Crippen LogP contribution >= 0.6 is 0 Å². The van der Waals surface area contributed by atoms with E-state index in [2.05, 4.69) is 50.5 Å². The number of urea groups is 1. The third-order valence-electron chi connectivity index (χ3n) is 4.07. The smallest absolute Gasteiger partial charge is 0.324 e. The first-order valence-electron chi connectivity index (χ1n) is 7.29. The molecule has 114 valence electrons. The van der Waals surface area contributed by atoms with Gasteiger partial charge in [-0.25, -0.2) is 4.79 Å². The van der Waals surface area contributed by atoms with Gasteiger partial charge in [0.2, 0.25) is 5.91 Å². The molecule has 2 N–H and O–H groups in total. The Bertz CT molecular complexity index is 553. The molecule has 1 aliphatic rings. The molecule has 0 bridgehead atoms. The number of nitrogens with one attached hydrogen (secondary N) is 2. The normalized spacial score (nSPS) is 16.3. The van der Waals surface area contributed by atoms with Gasteiger partial charge in [-0.3, -0.25) is 9.69 Å². The Balaban J connectivity index is 1.93. The summed E-state index contributed by atoms with van der Waals surface area (Å²) in [5.41, 5.74) is 5.09. The average molecular weight is 289 g/mol. The number of hydrogen-bond acceptors (Lipinski definition) is 3. The number of hydrogen-bond donors (Lipinski definition) is 2. The number of imide groups is 1. The molecule has 1 aromatic rings. The highest BCUT2D eigenvalue weighted by atomic mass is 16.2. The van der Waals surface area contributed by atoms with E-state index in [9.17, 15) is 9.59 Å². The third kappa shape index (κ3) is 3.42. The highest BCUT2D eigenvalue weighted by Crippen LogP contribution is 2.21. The number of nitrogens with zero attached hydrogens (tertiary/aromatic N) is 1. The predicted molar refractivity (Wildman–Crippen MR) is 82.2 cm³/mol. The predicted octanol–water partition coefficient (Wildman–Crippen LogP) is 1.81. The van der Waals surface area contributed by atoms with E-state index in [0.717, 1.165) is 0 Å². The van der Waals surface area contributed by atoms with Gasteiger partial charge in [-0.1, -0.05) is 12.1 Å². The zero-order valence-electron chi connectivity index (χ0n) is 13.1. The van der Waals surface area contributed by atoms with Crippen molar-refractivity contribution in [2.24, 2.45) is 0 Å². The topological polar surface area (TPSA) is 61.4 Å². The summed E-state index contributed by atoms with van der Waals surface area (Å²) in [4.78, 5) is 24.2. The average Bonchev–Trinajstić information content (AvgIpc) is 2.74. The summed E-state index contributed by atoms with van der Waals surface area (Å²) in [6.07, 6.45) is 0. The molecule has 1 atom stereocenters. The lowest BCUT2D eigenvalue weighted by molar-refractivity contribution is -0.124. The lowest BCUT2D eigenvalue weighted by atomic mass is 9.96. The van der Waals surface area contributed by atoms with Gasteiger partial charge in [-0.05, 0) is 49.9 Å². The van der Waals surface area contributed by atoms with E-state index in [1.807, 2.05) is 0 Å². The second-order valence-corrected chi connectivity index (χ2v) is 5.67. The summed E-state index contributed by atoms with van der Waals surface area (Å²) in [7, 11) is 0. The first-order chi connectivity index (χ1) is 9.90. The van der Waals surface area contributed by atoms with Gasteiger partial charge >= 0.3 is 6.03 Å². The number of rotatable bonds is 5. The molecule has 0 radical (unpaired) electrons. The first kappa shape index (κ1) is 15.5. The summed E-state index contributed by atoms with van der Waals surface area (Å²) in [6.45, 7) is 9.54. The summed E-state index contributed by atoms with van der Waals surface area (Å²) < 4.78 is 0. The zero-order chi connectivity index (χ0) is 15.6. The fourth-order valence-corrected chi connectivity index (χ4v) is 2.63. The number of aryl methyl sites for hydroxylation is 3. The molecule has 3 amide bonds. The molecule has 0 saturated carbocycles. The van der Waals surface area contributed by atoms with Gasteiger partial charge in [0, 0.05) is 19.1 Å². The molecule has 0 unspecified atom stereocenters. The number of amides is 3. The molecular weight excluding hydrogens is 266 g/mol. The fraction of sp³-hybridized carbons (Fsp3) is 0.500. The van der Waals surface area contributed by atoms with Crippen LogP contribution in [0.4, 0.5) is 4.79 Å². The third-order valence-corrected chi connectivity index (χ3v) is 4.07. The van der Waals surface area contributed by atoms with Crippen molar-refractivity contribution in [3.8, 4) is 0 Å². The Morgan fingerprint density at radius 2 is 1.86 bits per heavy atom. The van der Waals surface area contributed by atoms with Gasteiger partial charge in [0.15, 0.2) is 0 Å². The van der Waals surface area contributed by atoms with Crippen LogP contribution in [-0.2, 0) is 4.79 Å². The van der Waals surface area contributed by atoms with Crippen LogP contribution in [0.15, 0.2) is 12.1 Å². The highest BCUT2D eigenvalue weighted by molar-refractivity contribution is 6.01. The molecule has 1 saturated heterocycles. The number of carbonyl (C=O) groups excluding carboxylic acids is 2. The van der Waals surface area contributed by atoms with Gasteiger partial charge in [0.1, 0.15) is 0 Å². The van der Waals surface area contributed by atoms with Gasteiger partial charge in [-0.15, -0.1) is 0 Å². The number of benzene rings is 1. The van der Waals surface area contributed by atoms with Crippen LogP contribution in [0.5, 0.6) is 0 Å². The minimum absolute atomic E-state index is 0.116. The quantitative estimate of drug-likeness (QED) is 0.813. The monoisotopic (exact) mass is 289 g/mol. The maximum atomic E-state index is 11.5. The summed E-state index contributed by atoms with van der Waals surface area (Å²) >= 11 is 0. The molecule has 0 aromatic heterocycles. The van der Waals surface area contributed by atoms with Crippen molar-refractivity contribution in [2.45, 2.75) is 33.7 Å². The minimum Gasteiger partial charge on any atom is -0.329 e. The van der Waals surface area contributed by atoms with Crippen molar-refractivity contribution in [1.29, 1.82) is 0 Å². The number of carbonyl (C=O) groups is 2.